The number of methoxy groups -OCH3 is 1. The van der Waals surface area contributed by atoms with Gasteiger partial charge in [0.05, 0.1) is 5.41 Å². The van der Waals surface area contributed by atoms with Gasteiger partial charge in [-0.2, -0.15) is 0 Å². The van der Waals surface area contributed by atoms with E-state index in [1.807, 2.05) is 44.2 Å². The Kier molecular flexibility index (Phi) is 6.70. The van der Waals surface area contributed by atoms with Crippen molar-refractivity contribution in [1.82, 2.24) is 10.2 Å². The predicted octanol–water partition coefficient (Wildman–Crippen LogP) is 3.29. The van der Waals surface area contributed by atoms with Crippen molar-refractivity contribution in [3.63, 3.8) is 0 Å². The Morgan fingerprint density at radius 1 is 1.10 bits per heavy atom. The lowest BCUT2D eigenvalue weighted by molar-refractivity contribution is -0.136. The number of hydrogen-bond acceptors (Lipinski definition) is 3. The molecule has 1 N–H and O–H groups in total. The second-order valence-corrected chi connectivity index (χ2v) is 8.11. The molecule has 5 heteroatoms. The van der Waals surface area contributed by atoms with Crippen LogP contribution in [0.15, 0.2) is 54.6 Å². The minimum absolute atomic E-state index is 0.0167. The van der Waals surface area contributed by atoms with Crippen LogP contribution in [0, 0.1) is 5.41 Å². The van der Waals surface area contributed by atoms with Crippen LogP contribution in [0.25, 0.3) is 11.1 Å². The van der Waals surface area contributed by atoms with Crippen LogP contribution in [0.2, 0.25) is 0 Å². The largest absolute Gasteiger partial charge is 0.375 e. The van der Waals surface area contributed by atoms with Crippen LogP contribution in [0.3, 0.4) is 0 Å². The molecule has 1 aliphatic rings. The van der Waals surface area contributed by atoms with Crippen molar-refractivity contribution in [3.8, 4) is 11.1 Å². The van der Waals surface area contributed by atoms with E-state index in [0.29, 0.717) is 25.9 Å². The van der Waals surface area contributed by atoms with Crippen LogP contribution in [0.5, 0.6) is 0 Å². The number of carbonyl (C=O) groups excluding carboxylic acids is 2. The second kappa shape index (κ2) is 9.23. The van der Waals surface area contributed by atoms with Crippen molar-refractivity contribution in [1.29, 1.82) is 0 Å². The van der Waals surface area contributed by atoms with E-state index in [0.717, 1.165) is 16.7 Å². The lowest BCUT2D eigenvalue weighted by Crippen LogP contribution is -2.47. The zero-order valence-electron chi connectivity index (χ0n) is 17.5. The van der Waals surface area contributed by atoms with Crippen molar-refractivity contribution < 1.29 is 14.3 Å². The van der Waals surface area contributed by atoms with Gasteiger partial charge in [0.1, 0.15) is 6.61 Å². The number of amides is 2. The van der Waals surface area contributed by atoms with E-state index in [1.54, 1.807) is 4.90 Å². The van der Waals surface area contributed by atoms with Crippen LogP contribution in [-0.2, 0) is 20.7 Å². The molecule has 0 saturated carbocycles. The number of likely N-dealkylation sites (tertiary alicyclic amines) is 1. The molecule has 0 bridgehead atoms. The zero-order valence-corrected chi connectivity index (χ0v) is 17.5. The van der Waals surface area contributed by atoms with Gasteiger partial charge in [-0.05, 0) is 43.4 Å². The second-order valence-electron chi connectivity index (χ2n) is 8.11. The van der Waals surface area contributed by atoms with E-state index in [-0.39, 0.29) is 24.5 Å². The van der Waals surface area contributed by atoms with Gasteiger partial charge < -0.3 is 15.0 Å². The van der Waals surface area contributed by atoms with Gasteiger partial charge in [0.15, 0.2) is 0 Å². The van der Waals surface area contributed by atoms with Gasteiger partial charge >= 0.3 is 0 Å². The third kappa shape index (κ3) is 4.85. The highest BCUT2D eigenvalue weighted by Gasteiger charge is 2.46. The molecule has 0 radical (unpaired) electrons. The molecule has 1 atom stereocenters. The fourth-order valence-corrected chi connectivity index (χ4v) is 4.06. The summed E-state index contributed by atoms with van der Waals surface area (Å²) in [6.45, 7) is 4.96. The summed E-state index contributed by atoms with van der Waals surface area (Å²) < 4.78 is 5.01. The molecule has 2 aromatic carbocycles. The molecule has 1 fully saturated rings. The minimum atomic E-state index is -0.640. The lowest BCUT2D eigenvalue weighted by atomic mass is 9.78. The van der Waals surface area contributed by atoms with Gasteiger partial charge in [-0.3, -0.25) is 9.59 Å². The highest BCUT2D eigenvalue weighted by atomic mass is 16.5. The maximum absolute atomic E-state index is 13.3. The topological polar surface area (TPSA) is 58.6 Å². The Labute approximate surface area is 173 Å². The summed E-state index contributed by atoms with van der Waals surface area (Å²) in [7, 11) is 1.52. The van der Waals surface area contributed by atoms with Crippen molar-refractivity contribution >= 4 is 11.8 Å². The first-order valence-corrected chi connectivity index (χ1v) is 10.2. The molecule has 1 saturated heterocycles. The lowest BCUT2D eigenvalue weighted by Gasteiger charge is -2.30. The number of rotatable bonds is 7. The van der Waals surface area contributed by atoms with Crippen molar-refractivity contribution in [2.24, 2.45) is 5.41 Å². The first-order valence-electron chi connectivity index (χ1n) is 10.2. The summed E-state index contributed by atoms with van der Waals surface area (Å²) >= 11 is 0. The van der Waals surface area contributed by atoms with Gasteiger partial charge in [0.2, 0.25) is 11.8 Å². The summed E-state index contributed by atoms with van der Waals surface area (Å²) in [6.07, 6.45) is 1.23. The smallest absolute Gasteiger partial charge is 0.248 e. The Morgan fingerprint density at radius 3 is 2.48 bits per heavy atom. The summed E-state index contributed by atoms with van der Waals surface area (Å²) in [6, 6.07) is 18.5. The number of nitrogens with one attached hydrogen (secondary N) is 1. The fraction of sp³-hybridized carbons (Fsp3) is 0.417. The number of ether oxygens (including phenoxy) is 1. The average molecular weight is 395 g/mol. The molecule has 29 heavy (non-hydrogen) atoms. The molecule has 0 aliphatic carbocycles. The van der Waals surface area contributed by atoms with Crippen LogP contribution in [0.4, 0.5) is 0 Å². The summed E-state index contributed by atoms with van der Waals surface area (Å²) in [5, 5.41) is 3.09. The van der Waals surface area contributed by atoms with Crippen molar-refractivity contribution in [2.75, 3.05) is 26.8 Å². The van der Waals surface area contributed by atoms with E-state index in [2.05, 4.69) is 29.6 Å². The van der Waals surface area contributed by atoms with Crippen LogP contribution < -0.4 is 5.32 Å². The van der Waals surface area contributed by atoms with Crippen LogP contribution in [-0.4, -0.2) is 49.6 Å². The molecule has 0 unspecified atom stereocenters. The summed E-state index contributed by atoms with van der Waals surface area (Å²) in [5.74, 6) is -0.0499. The molecule has 2 amide bonds. The van der Waals surface area contributed by atoms with Crippen LogP contribution >= 0.6 is 0 Å². The number of hydrogen-bond donors (Lipinski definition) is 1. The Hall–Kier alpha value is -2.66. The maximum Gasteiger partial charge on any atom is 0.248 e. The third-order valence-corrected chi connectivity index (χ3v) is 5.51. The van der Waals surface area contributed by atoms with Gasteiger partial charge in [-0.15, -0.1) is 0 Å². The average Bonchev–Trinajstić information content (AvgIpc) is 3.14. The summed E-state index contributed by atoms with van der Waals surface area (Å²) in [5.41, 5.74) is 2.75. The number of carbonyl (C=O) groups is 2. The molecule has 154 valence electrons. The normalized spacial score (nSPS) is 18.8. The standard InChI is InChI=1S/C24H30N2O3/c1-18(2)25-23(28)24(13-14-26(17-24)22(27)16-29-3)15-20-11-7-8-12-21(20)19-9-5-4-6-10-19/h4-12,18H,13-17H2,1-3H3,(H,25,28)/t24-/m0/s1. The van der Waals surface area contributed by atoms with E-state index in [4.69, 9.17) is 4.74 Å². The zero-order chi connectivity index (χ0) is 20.9. The van der Waals surface area contributed by atoms with Gasteiger partial charge in [-0.1, -0.05) is 54.6 Å². The molecule has 2 aromatic rings. The first kappa shape index (κ1) is 21.1. The third-order valence-electron chi connectivity index (χ3n) is 5.51. The van der Waals surface area contributed by atoms with E-state index in [9.17, 15) is 9.59 Å². The van der Waals surface area contributed by atoms with E-state index >= 15 is 0 Å². The molecule has 5 nitrogen and oxygen atoms in total. The summed E-state index contributed by atoms with van der Waals surface area (Å²) in [4.78, 5) is 27.4. The highest BCUT2D eigenvalue weighted by molar-refractivity contribution is 5.86. The Balaban J connectivity index is 1.93. The molecular formula is C24H30N2O3. The maximum atomic E-state index is 13.3. The quantitative estimate of drug-likeness (QED) is 0.784. The number of nitrogens with zero attached hydrogens (tertiary/aromatic N) is 1. The van der Waals surface area contributed by atoms with E-state index < -0.39 is 5.41 Å². The number of benzene rings is 2. The monoisotopic (exact) mass is 394 g/mol. The van der Waals surface area contributed by atoms with Crippen molar-refractivity contribution in [3.05, 3.63) is 60.2 Å². The Morgan fingerprint density at radius 2 is 1.79 bits per heavy atom. The highest BCUT2D eigenvalue weighted by Crippen LogP contribution is 2.37. The minimum Gasteiger partial charge on any atom is -0.375 e. The molecule has 0 spiro atoms. The van der Waals surface area contributed by atoms with E-state index in [1.165, 1.54) is 7.11 Å². The molecule has 0 aromatic heterocycles. The van der Waals surface area contributed by atoms with Crippen molar-refractivity contribution in [2.45, 2.75) is 32.7 Å². The SMILES string of the molecule is COCC(=O)N1CC[C@@](Cc2ccccc2-c2ccccc2)(C(=O)NC(C)C)C1. The first-order chi connectivity index (χ1) is 13.9. The van der Waals surface area contributed by atoms with Gasteiger partial charge in [0, 0.05) is 26.2 Å². The molecular weight excluding hydrogens is 364 g/mol. The molecule has 3 rings (SSSR count). The predicted molar refractivity (Wildman–Crippen MR) is 114 cm³/mol. The Bertz CT molecular complexity index is 850. The van der Waals surface area contributed by atoms with Gasteiger partial charge in [0.25, 0.3) is 0 Å². The molecule has 1 aliphatic heterocycles. The van der Waals surface area contributed by atoms with Gasteiger partial charge in [-0.25, -0.2) is 0 Å². The fourth-order valence-electron chi connectivity index (χ4n) is 4.06. The molecule has 1 heterocycles. The van der Waals surface area contributed by atoms with Crippen LogP contribution in [0.1, 0.15) is 25.8 Å².